The molecule has 4 unspecified atom stereocenters. The fourth-order valence-electron chi connectivity index (χ4n) is 2.78. The number of rotatable bonds is 5. The van der Waals surface area contributed by atoms with Gasteiger partial charge in [0.2, 0.25) is 0 Å². The zero-order valence-corrected chi connectivity index (χ0v) is 10.8. The van der Waals surface area contributed by atoms with Gasteiger partial charge in [0, 0.05) is 0 Å². The molecule has 0 bridgehead atoms. The van der Waals surface area contributed by atoms with Crippen LogP contribution in [0.1, 0.15) is 39.5 Å². The highest BCUT2D eigenvalue weighted by Gasteiger charge is 2.50. The molecule has 1 aliphatic carbocycles. The maximum absolute atomic E-state index is 12.0. The average Bonchev–Trinajstić information content (AvgIpc) is 3.03. The molecule has 0 N–H and O–H groups in total. The number of hydrogen-bond acceptors (Lipinski definition) is 3. The lowest BCUT2D eigenvalue weighted by Gasteiger charge is -2.27. The van der Waals surface area contributed by atoms with Gasteiger partial charge in [0.25, 0.3) is 0 Å². The van der Waals surface area contributed by atoms with Crippen LogP contribution in [0.25, 0.3) is 0 Å². The summed E-state index contributed by atoms with van der Waals surface area (Å²) in [4.78, 5) is 12.0. The maximum atomic E-state index is 12.0. The van der Waals surface area contributed by atoms with Gasteiger partial charge in [-0.2, -0.15) is 0 Å². The van der Waals surface area contributed by atoms with Gasteiger partial charge in [0.05, 0.1) is 18.1 Å². The van der Waals surface area contributed by atoms with Gasteiger partial charge in [-0.3, -0.25) is 4.79 Å². The molecule has 1 saturated carbocycles. The summed E-state index contributed by atoms with van der Waals surface area (Å²) in [6, 6.07) is 0. The molecule has 0 spiro atoms. The third-order valence-corrected chi connectivity index (χ3v) is 3.70. The van der Waals surface area contributed by atoms with Crippen molar-refractivity contribution in [2.45, 2.75) is 51.7 Å². The van der Waals surface area contributed by atoms with Crippen LogP contribution in [-0.4, -0.2) is 24.8 Å². The van der Waals surface area contributed by atoms with Crippen LogP contribution >= 0.6 is 0 Å². The molecule has 2 aliphatic rings. The summed E-state index contributed by atoms with van der Waals surface area (Å²) < 4.78 is 10.8. The second-order valence-corrected chi connectivity index (χ2v) is 5.40. The molecule has 17 heavy (non-hydrogen) atoms. The Hall–Kier alpha value is -0.830. The minimum Gasteiger partial charge on any atom is -0.461 e. The fourth-order valence-corrected chi connectivity index (χ4v) is 2.78. The summed E-state index contributed by atoms with van der Waals surface area (Å²) in [5.41, 5.74) is 0.891. The minimum absolute atomic E-state index is 0.0399. The number of fused-ring (bicyclic) bond motifs is 1. The zero-order chi connectivity index (χ0) is 12.4. The van der Waals surface area contributed by atoms with Crippen LogP contribution < -0.4 is 0 Å². The van der Waals surface area contributed by atoms with Crippen LogP contribution in [-0.2, 0) is 14.3 Å². The number of esters is 1. The predicted molar refractivity (Wildman–Crippen MR) is 65.6 cm³/mol. The van der Waals surface area contributed by atoms with E-state index in [1.807, 2.05) is 6.92 Å². The minimum atomic E-state index is -0.0552. The van der Waals surface area contributed by atoms with E-state index >= 15 is 0 Å². The van der Waals surface area contributed by atoms with Gasteiger partial charge < -0.3 is 9.47 Å². The summed E-state index contributed by atoms with van der Waals surface area (Å²) >= 11 is 0. The van der Waals surface area contributed by atoms with Crippen molar-refractivity contribution in [3.8, 4) is 0 Å². The topological polar surface area (TPSA) is 38.8 Å². The molecule has 2 rings (SSSR count). The lowest BCUT2D eigenvalue weighted by molar-refractivity contribution is -0.150. The van der Waals surface area contributed by atoms with Gasteiger partial charge in [-0.05, 0) is 37.7 Å². The van der Waals surface area contributed by atoms with Gasteiger partial charge in [-0.1, -0.05) is 19.9 Å². The lowest BCUT2D eigenvalue weighted by Crippen LogP contribution is -2.32. The largest absolute Gasteiger partial charge is 0.461 e. The monoisotopic (exact) mass is 238 g/mol. The Morgan fingerprint density at radius 2 is 2.12 bits per heavy atom. The Morgan fingerprint density at radius 1 is 1.41 bits per heavy atom. The van der Waals surface area contributed by atoms with Crippen molar-refractivity contribution in [1.29, 1.82) is 0 Å². The summed E-state index contributed by atoms with van der Waals surface area (Å²) in [5.74, 6) is 0.430. The summed E-state index contributed by atoms with van der Waals surface area (Å²) in [6.45, 7) is 8.13. The highest BCUT2D eigenvalue weighted by Crippen LogP contribution is 2.44. The second kappa shape index (κ2) is 5.21. The molecule has 3 nitrogen and oxygen atoms in total. The molecular weight excluding hydrogens is 216 g/mol. The Labute approximate surface area is 103 Å². The highest BCUT2D eigenvalue weighted by molar-refractivity contribution is 5.73. The van der Waals surface area contributed by atoms with Gasteiger partial charge in [-0.15, -0.1) is 0 Å². The molecule has 0 radical (unpaired) electrons. The Morgan fingerprint density at radius 3 is 2.76 bits per heavy atom. The van der Waals surface area contributed by atoms with E-state index in [9.17, 15) is 4.79 Å². The Bertz CT molecular complexity index is 311. The van der Waals surface area contributed by atoms with E-state index in [0.717, 1.165) is 31.3 Å². The van der Waals surface area contributed by atoms with E-state index in [0.29, 0.717) is 24.7 Å². The lowest BCUT2D eigenvalue weighted by atomic mass is 9.77. The van der Waals surface area contributed by atoms with E-state index in [-0.39, 0.29) is 11.9 Å². The number of carbonyl (C=O) groups excluding carboxylic acids is 1. The van der Waals surface area contributed by atoms with Gasteiger partial charge in [0.15, 0.2) is 0 Å². The van der Waals surface area contributed by atoms with E-state index < -0.39 is 0 Å². The van der Waals surface area contributed by atoms with Crippen molar-refractivity contribution in [2.75, 3.05) is 6.61 Å². The molecule has 2 fully saturated rings. The first kappa shape index (κ1) is 12.6. The number of epoxide rings is 1. The van der Waals surface area contributed by atoms with Crippen molar-refractivity contribution in [3.63, 3.8) is 0 Å². The van der Waals surface area contributed by atoms with Crippen molar-refractivity contribution in [3.05, 3.63) is 12.2 Å². The van der Waals surface area contributed by atoms with E-state index in [4.69, 9.17) is 9.47 Å². The van der Waals surface area contributed by atoms with Crippen LogP contribution in [0.4, 0.5) is 0 Å². The Kier molecular flexibility index (Phi) is 3.87. The maximum Gasteiger partial charge on any atom is 0.309 e. The van der Waals surface area contributed by atoms with Crippen molar-refractivity contribution >= 4 is 5.97 Å². The van der Waals surface area contributed by atoms with Crippen molar-refractivity contribution < 1.29 is 14.3 Å². The normalized spacial score (nSPS) is 34.9. The molecule has 0 amide bonds. The standard InChI is InChI=1S/C14H22O3/c1-4-5-10-6-12-13(17-12)7-11(10)14(15)16-8-9(2)3/h10-13H,2,4-8H2,1,3H3. The van der Waals surface area contributed by atoms with Gasteiger partial charge in [0.1, 0.15) is 6.61 Å². The number of carbonyl (C=O) groups is 1. The third kappa shape index (κ3) is 3.09. The van der Waals surface area contributed by atoms with E-state index in [1.54, 1.807) is 0 Å². The first-order valence-corrected chi connectivity index (χ1v) is 6.58. The summed E-state index contributed by atoms with van der Waals surface area (Å²) in [6.07, 6.45) is 4.85. The smallest absolute Gasteiger partial charge is 0.309 e. The molecule has 1 saturated heterocycles. The zero-order valence-electron chi connectivity index (χ0n) is 10.8. The number of ether oxygens (including phenoxy) is 2. The van der Waals surface area contributed by atoms with Crippen molar-refractivity contribution in [2.24, 2.45) is 11.8 Å². The molecule has 1 heterocycles. The molecule has 0 aromatic heterocycles. The molecule has 0 aromatic rings. The van der Waals surface area contributed by atoms with E-state index in [1.165, 1.54) is 0 Å². The first-order chi connectivity index (χ1) is 8.11. The quantitative estimate of drug-likeness (QED) is 0.420. The SMILES string of the molecule is C=C(C)COC(=O)C1CC2OC2CC1CCC. The predicted octanol–water partition coefficient (Wildman–Crippen LogP) is 2.70. The average molecular weight is 238 g/mol. The van der Waals surface area contributed by atoms with Crippen LogP contribution in [0.5, 0.6) is 0 Å². The molecule has 96 valence electrons. The summed E-state index contributed by atoms with van der Waals surface area (Å²) in [5, 5.41) is 0. The third-order valence-electron chi connectivity index (χ3n) is 3.70. The number of hydrogen-bond donors (Lipinski definition) is 0. The van der Waals surface area contributed by atoms with Crippen molar-refractivity contribution in [1.82, 2.24) is 0 Å². The van der Waals surface area contributed by atoms with Crippen LogP contribution in [0.2, 0.25) is 0 Å². The molecule has 4 atom stereocenters. The van der Waals surface area contributed by atoms with E-state index in [2.05, 4.69) is 13.5 Å². The molecule has 3 heteroatoms. The van der Waals surface area contributed by atoms with Crippen LogP contribution in [0.3, 0.4) is 0 Å². The fraction of sp³-hybridized carbons (Fsp3) is 0.786. The second-order valence-electron chi connectivity index (χ2n) is 5.40. The van der Waals surface area contributed by atoms with Crippen LogP contribution in [0.15, 0.2) is 12.2 Å². The molecule has 1 aliphatic heterocycles. The van der Waals surface area contributed by atoms with Gasteiger partial charge >= 0.3 is 5.97 Å². The first-order valence-electron chi connectivity index (χ1n) is 6.58. The molecule has 0 aromatic carbocycles. The molecular formula is C14H22O3. The highest BCUT2D eigenvalue weighted by atomic mass is 16.6. The van der Waals surface area contributed by atoms with Gasteiger partial charge in [-0.25, -0.2) is 0 Å². The van der Waals surface area contributed by atoms with Crippen LogP contribution in [0, 0.1) is 11.8 Å². The Balaban J connectivity index is 1.90. The summed E-state index contributed by atoms with van der Waals surface area (Å²) in [7, 11) is 0.